The molecule has 9 heteroatoms. The summed E-state index contributed by atoms with van der Waals surface area (Å²) in [5.74, 6) is -0.550. The van der Waals surface area contributed by atoms with E-state index in [0.29, 0.717) is 61.4 Å². The summed E-state index contributed by atoms with van der Waals surface area (Å²) in [5.41, 5.74) is 2.74. The highest BCUT2D eigenvalue weighted by atomic mass is 35.5. The molecule has 4 aromatic rings. The summed E-state index contributed by atoms with van der Waals surface area (Å²) in [4.78, 5) is 28.5. The SMILES string of the molecule is COc1cccc2c1C(NC(=O)c1ccccc1)=C1C(=O)C=C(C)[C@@H]3[C@@H](C)O[C@]24Oc2c(ccc5c(OC)cc(Cl)c(OC)c25)[C@@]134. The molecule has 2 aliphatic carbocycles. The highest BCUT2D eigenvalue weighted by molar-refractivity contribution is 6.34. The number of methoxy groups -OCH3 is 3. The summed E-state index contributed by atoms with van der Waals surface area (Å²) in [5, 5.41) is 4.82. The number of carbonyl (C=O) groups is 2. The Morgan fingerprint density at radius 2 is 1.70 bits per heavy atom. The molecule has 0 aromatic heterocycles. The molecule has 0 radical (unpaired) electrons. The molecule has 46 heavy (non-hydrogen) atoms. The summed E-state index contributed by atoms with van der Waals surface area (Å²) in [6, 6.07) is 20.1. The Labute approximate surface area is 270 Å². The second-order valence-corrected chi connectivity index (χ2v) is 12.4. The van der Waals surface area contributed by atoms with Crippen molar-refractivity contribution in [3.63, 3.8) is 0 Å². The summed E-state index contributed by atoms with van der Waals surface area (Å²) in [6.07, 6.45) is 1.28. The standard InChI is InChI=1S/C37H30ClNO7/c1-18-16-25(40)31-32(39-35(41)20-10-7-6-8-11-20)29-22(12-9-13-26(29)42-3)37-36(31,30(18)19(2)45-37)23-15-14-21-27(43-4)17-24(38)34(44-5)28(21)33(23)46-37/h6-17,19,30H,1-5H3,(H,39,41)/t19-,30-,36+,37+/m1/s1. The Morgan fingerprint density at radius 1 is 0.935 bits per heavy atom. The molecule has 8 nitrogen and oxygen atoms in total. The van der Waals surface area contributed by atoms with E-state index in [1.165, 1.54) is 0 Å². The first-order valence-corrected chi connectivity index (χ1v) is 15.4. The van der Waals surface area contributed by atoms with Gasteiger partial charge in [-0.25, -0.2) is 0 Å². The van der Waals surface area contributed by atoms with Crippen LogP contribution < -0.4 is 24.3 Å². The number of fused-ring (bicyclic) bond motifs is 4. The Balaban J connectivity index is 1.55. The third-order valence-electron chi connectivity index (χ3n) is 9.89. The number of carbonyl (C=O) groups excluding carboxylic acids is 2. The Bertz CT molecular complexity index is 2090. The first kappa shape index (κ1) is 28.7. The molecule has 1 fully saturated rings. The molecule has 1 amide bonds. The lowest BCUT2D eigenvalue weighted by molar-refractivity contribution is -0.188. The molecule has 2 aliphatic heterocycles. The molecule has 0 bridgehead atoms. The lowest BCUT2D eigenvalue weighted by Crippen LogP contribution is -2.56. The van der Waals surface area contributed by atoms with E-state index < -0.39 is 11.2 Å². The van der Waals surface area contributed by atoms with Gasteiger partial charge in [0, 0.05) is 39.6 Å². The molecule has 8 rings (SSSR count). The van der Waals surface area contributed by atoms with Gasteiger partial charge in [-0.2, -0.15) is 0 Å². The quantitative estimate of drug-likeness (QED) is 0.260. The number of halogens is 1. The fraction of sp³-hybridized carbons (Fsp3) is 0.243. The van der Waals surface area contributed by atoms with Crippen LogP contribution >= 0.6 is 11.6 Å². The van der Waals surface area contributed by atoms with E-state index in [1.807, 2.05) is 44.2 Å². The van der Waals surface area contributed by atoms with E-state index in [-0.39, 0.29) is 23.7 Å². The van der Waals surface area contributed by atoms with Crippen LogP contribution in [0.2, 0.25) is 5.02 Å². The summed E-state index contributed by atoms with van der Waals surface area (Å²) >= 11 is 6.76. The van der Waals surface area contributed by atoms with Crippen molar-refractivity contribution in [1.29, 1.82) is 0 Å². The van der Waals surface area contributed by atoms with Crippen LogP contribution in [0, 0.1) is 5.92 Å². The fourth-order valence-electron chi connectivity index (χ4n) is 8.39. The van der Waals surface area contributed by atoms with Crippen molar-refractivity contribution in [2.45, 2.75) is 31.2 Å². The van der Waals surface area contributed by atoms with E-state index in [2.05, 4.69) is 5.32 Å². The van der Waals surface area contributed by atoms with Crippen LogP contribution in [0.1, 0.15) is 40.9 Å². The number of benzene rings is 4. The highest BCUT2D eigenvalue weighted by Crippen LogP contribution is 2.74. The van der Waals surface area contributed by atoms with Gasteiger partial charge < -0.3 is 29.0 Å². The van der Waals surface area contributed by atoms with Crippen molar-refractivity contribution in [3.8, 4) is 23.0 Å². The predicted molar refractivity (Wildman–Crippen MR) is 173 cm³/mol. The minimum atomic E-state index is -1.50. The van der Waals surface area contributed by atoms with Crippen LogP contribution in [0.3, 0.4) is 0 Å². The van der Waals surface area contributed by atoms with Crippen LogP contribution in [-0.2, 0) is 20.7 Å². The van der Waals surface area contributed by atoms with Gasteiger partial charge in [-0.15, -0.1) is 0 Å². The molecule has 1 spiro atoms. The van der Waals surface area contributed by atoms with Gasteiger partial charge in [-0.05, 0) is 44.2 Å². The summed E-state index contributed by atoms with van der Waals surface area (Å²) in [6.45, 7) is 3.95. The molecule has 1 saturated heterocycles. The van der Waals surface area contributed by atoms with Crippen molar-refractivity contribution in [2.75, 3.05) is 21.3 Å². The number of ketones is 1. The van der Waals surface area contributed by atoms with Gasteiger partial charge in [-0.1, -0.05) is 53.6 Å². The van der Waals surface area contributed by atoms with Crippen LogP contribution in [0.15, 0.2) is 84.0 Å². The molecule has 4 aliphatic rings. The average molecular weight is 636 g/mol. The first-order chi connectivity index (χ1) is 22.2. The van der Waals surface area contributed by atoms with Crippen molar-refractivity contribution in [1.82, 2.24) is 5.32 Å². The van der Waals surface area contributed by atoms with Gasteiger partial charge in [0.05, 0.1) is 49.1 Å². The van der Waals surface area contributed by atoms with E-state index in [0.717, 1.165) is 16.5 Å². The Kier molecular flexibility index (Phi) is 6.14. The number of hydrogen-bond donors (Lipinski definition) is 1. The Morgan fingerprint density at radius 3 is 2.41 bits per heavy atom. The van der Waals surface area contributed by atoms with Crippen molar-refractivity contribution < 1.29 is 33.3 Å². The number of rotatable bonds is 5. The van der Waals surface area contributed by atoms with Crippen LogP contribution in [-0.4, -0.2) is 39.1 Å². The van der Waals surface area contributed by atoms with Gasteiger partial charge >= 0.3 is 0 Å². The minimum absolute atomic E-state index is 0.247. The maximum absolute atomic E-state index is 14.6. The lowest BCUT2D eigenvalue weighted by Gasteiger charge is -2.48. The van der Waals surface area contributed by atoms with E-state index in [1.54, 1.807) is 63.8 Å². The van der Waals surface area contributed by atoms with E-state index in [4.69, 9.17) is 35.3 Å². The van der Waals surface area contributed by atoms with Gasteiger partial charge in [-0.3, -0.25) is 9.59 Å². The number of amides is 1. The van der Waals surface area contributed by atoms with Gasteiger partial charge in [0.1, 0.15) is 28.4 Å². The first-order valence-electron chi connectivity index (χ1n) is 15.0. The molecule has 4 atom stereocenters. The second kappa shape index (κ2) is 9.85. The van der Waals surface area contributed by atoms with E-state index in [9.17, 15) is 9.59 Å². The van der Waals surface area contributed by atoms with E-state index >= 15 is 0 Å². The van der Waals surface area contributed by atoms with Gasteiger partial charge in [0.15, 0.2) is 5.78 Å². The normalized spacial score (nSPS) is 25.2. The molecule has 232 valence electrons. The topological polar surface area (TPSA) is 92.3 Å². The fourth-order valence-corrected chi connectivity index (χ4v) is 8.66. The molecule has 0 saturated carbocycles. The smallest absolute Gasteiger partial charge is 0.255 e. The minimum Gasteiger partial charge on any atom is -0.496 e. The number of allylic oxidation sites excluding steroid dienone is 1. The molecular formula is C37H30ClNO7. The summed E-state index contributed by atoms with van der Waals surface area (Å²) in [7, 11) is 4.69. The second-order valence-electron chi connectivity index (χ2n) is 12.0. The monoisotopic (exact) mass is 635 g/mol. The zero-order chi connectivity index (χ0) is 32.1. The van der Waals surface area contributed by atoms with Crippen LogP contribution in [0.25, 0.3) is 16.5 Å². The zero-order valence-electron chi connectivity index (χ0n) is 25.8. The van der Waals surface area contributed by atoms with Crippen molar-refractivity contribution in [3.05, 3.63) is 111 Å². The molecule has 1 N–H and O–H groups in total. The van der Waals surface area contributed by atoms with Gasteiger partial charge in [0.2, 0.25) is 0 Å². The number of hydrogen-bond acceptors (Lipinski definition) is 7. The van der Waals surface area contributed by atoms with Crippen molar-refractivity contribution in [2.24, 2.45) is 5.92 Å². The predicted octanol–water partition coefficient (Wildman–Crippen LogP) is 6.72. The maximum atomic E-state index is 14.6. The van der Waals surface area contributed by atoms with Crippen molar-refractivity contribution >= 4 is 39.8 Å². The third kappa shape index (κ3) is 3.33. The maximum Gasteiger partial charge on any atom is 0.255 e. The highest BCUT2D eigenvalue weighted by Gasteiger charge is 2.78. The largest absolute Gasteiger partial charge is 0.496 e. The third-order valence-corrected chi connectivity index (χ3v) is 10.2. The Hall–Kier alpha value is -4.79. The molecule has 4 aromatic carbocycles. The van der Waals surface area contributed by atoms with Gasteiger partial charge in [0.25, 0.3) is 11.7 Å². The lowest BCUT2D eigenvalue weighted by atomic mass is 9.52. The molecule has 0 unspecified atom stereocenters. The number of ether oxygens (including phenoxy) is 5. The zero-order valence-corrected chi connectivity index (χ0v) is 26.6. The number of nitrogens with one attached hydrogen (secondary N) is 1. The van der Waals surface area contributed by atoms with Crippen LogP contribution in [0.5, 0.6) is 23.0 Å². The summed E-state index contributed by atoms with van der Waals surface area (Å²) < 4.78 is 31.7. The van der Waals surface area contributed by atoms with Crippen LogP contribution in [0.4, 0.5) is 0 Å². The molecular weight excluding hydrogens is 606 g/mol. The molecule has 2 heterocycles. The average Bonchev–Trinajstić information content (AvgIpc) is 3.49.